The van der Waals surface area contributed by atoms with Crippen LogP contribution < -0.4 is 5.32 Å². The first-order chi connectivity index (χ1) is 24.4. The Kier molecular flexibility index (Phi) is 8.64. The second-order valence-electron chi connectivity index (χ2n) is 13.3. The fourth-order valence-electron chi connectivity index (χ4n) is 6.36. The van der Waals surface area contributed by atoms with Gasteiger partial charge in [-0.2, -0.15) is 10.2 Å². The number of esters is 1. The second kappa shape index (κ2) is 13.1. The van der Waals surface area contributed by atoms with Crippen LogP contribution in [0.3, 0.4) is 0 Å². The van der Waals surface area contributed by atoms with Crippen molar-refractivity contribution in [1.82, 2.24) is 34.6 Å². The number of carbonyl (C=O) groups is 4. The van der Waals surface area contributed by atoms with Crippen LogP contribution >= 0.6 is 11.6 Å². The minimum Gasteiger partial charge on any atom is -0.460 e. The van der Waals surface area contributed by atoms with Gasteiger partial charge in [-0.1, -0.05) is 54.1 Å². The summed E-state index contributed by atoms with van der Waals surface area (Å²) in [6.45, 7) is 7.53. The van der Waals surface area contributed by atoms with Crippen molar-refractivity contribution < 1.29 is 23.9 Å². The summed E-state index contributed by atoms with van der Waals surface area (Å²) in [7, 11) is 0. The lowest BCUT2D eigenvalue weighted by molar-refractivity contribution is -0.154. The zero-order chi connectivity index (χ0) is 36.0. The van der Waals surface area contributed by atoms with Crippen LogP contribution in [0, 0.1) is 0 Å². The quantitative estimate of drug-likeness (QED) is 0.141. The maximum atomic E-state index is 14.1. The molecule has 0 fully saturated rings. The number of imide groups is 1. The van der Waals surface area contributed by atoms with Crippen LogP contribution in [0.5, 0.6) is 0 Å². The first-order valence-corrected chi connectivity index (χ1v) is 16.8. The highest BCUT2D eigenvalue weighted by atomic mass is 35.5. The number of hydrogen-bond acceptors (Lipinski definition) is 8. The third-order valence-electron chi connectivity index (χ3n) is 8.56. The Morgan fingerprint density at radius 3 is 2.31 bits per heavy atom. The summed E-state index contributed by atoms with van der Waals surface area (Å²) in [5.41, 5.74) is 3.68. The molecular formula is C38H34ClN7O5. The molecule has 1 unspecified atom stereocenters. The summed E-state index contributed by atoms with van der Waals surface area (Å²) >= 11 is 6.90. The first-order valence-electron chi connectivity index (χ1n) is 16.4. The maximum Gasteiger partial charge on any atom is 0.312 e. The van der Waals surface area contributed by atoms with E-state index in [1.54, 1.807) is 74.4 Å². The Hall–Kier alpha value is -5.88. The lowest BCUT2D eigenvalue weighted by atomic mass is 9.93. The largest absolute Gasteiger partial charge is 0.460 e. The molecule has 0 saturated heterocycles. The number of benzene rings is 3. The van der Waals surface area contributed by atoms with Crippen molar-refractivity contribution in [3.05, 3.63) is 118 Å². The molecule has 0 spiro atoms. The average Bonchev–Trinajstić information content (AvgIpc) is 3.75. The molecule has 4 heterocycles. The minimum absolute atomic E-state index is 0.122. The van der Waals surface area contributed by atoms with Crippen LogP contribution in [0.2, 0.25) is 5.02 Å². The lowest BCUT2D eigenvalue weighted by Crippen LogP contribution is -2.33. The number of amides is 3. The number of nitrogens with zero attached hydrogens (tertiary/aromatic N) is 6. The summed E-state index contributed by atoms with van der Waals surface area (Å²) in [5, 5.41) is 13.6. The summed E-state index contributed by atoms with van der Waals surface area (Å²) in [6.07, 6.45) is 4.79. The topological polar surface area (TPSA) is 141 Å². The van der Waals surface area contributed by atoms with E-state index in [-0.39, 0.29) is 42.6 Å². The van der Waals surface area contributed by atoms with E-state index in [1.165, 1.54) is 9.42 Å². The SMILES string of the molecule is CC(NC(=O)c1c(CC(=O)OC(C)(C)C)nn2cccnc12)c1cc(Cl)c2cn(CCN3C(=O)c4ccccc4C3=O)nc2c1-c1ccccc1. The Labute approximate surface area is 298 Å². The number of rotatable bonds is 9. The normalized spacial score (nSPS) is 13.5. The molecule has 12 nitrogen and oxygen atoms in total. The van der Waals surface area contributed by atoms with Gasteiger partial charge >= 0.3 is 5.97 Å². The van der Waals surface area contributed by atoms with Crippen LogP contribution in [0.25, 0.3) is 27.7 Å². The molecule has 0 aliphatic carbocycles. The van der Waals surface area contributed by atoms with Gasteiger partial charge in [0.2, 0.25) is 0 Å². The molecule has 1 atom stereocenters. The summed E-state index contributed by atoms with van der Waals surface area (Å²) in [6, 6.07) is 19.3. The van der Waals surface area contributed by atoms with E-state index in [2.05, 4.69) is 15.4 Å². The van der Waals surface area contributed by atoms with Crippen molar-refractivity contribution in [1.29, 1.82) is 0 Å². The van der Waals surface area contributed by atoms with Gasteiger partial charge in [-0.3, -0.25) is 28.8 Å². The van der Waals surface area contributed by atoms with E-state index in [1.807, 2.05) is 43.3 Å². The van der Waals surface area contributed by atoms with Crippen molar-refractivity contribution >= 4 is 51.8 Å². The van der Waals surface area contributed by atoms with Gasteiger partial charge in [-0.25, -0.2) is 9.50 Å². The monoisotopic (exact) mass is 703 g/mol. The molecule has 0 saturated carbocycles. The van der Waals surface area contributed by atoms with E-state index in [9.17, 15) is 19.2 Å². The molecular weight excluding hydrogens is 670 g/mol. The molecule has 1 aliphatic heterocycles. The van der Waals surface area contributed by atoms with Gasteiger partial charge in [-0.15, -0.1) is 0 Å². The number of aromatic nitrogens is 5. The average molecular weight is 704 g/mol. The molecule has 1 N–H and O–H groups in total. The fourth-order valence-corrected chi connectivity index (χ4v) is 6.62. The Morgan fingerprint density at radius 2 is 1.63 bits per heavy atom. The van der Waals surface area contributed by atoms with Crippen LogP contribution in [0.15, 0.2) is 85.3 Å². The van der Waals surface area contributed by atoms with Gasteiger partial charge in [0.1, 0.15) is 16.7 Å². The van der Waals surface area contributed by atoms with E-state index in [0.29, 0.717) is 38.3 Å². The van der Waals surface area contributed by atoms with Crippen LogP contribution in [-0.4, -0.2) is 65.1 Å². The predicted molar refractivity (Wildman–Crippen MR) is 190 cm³/mol. The highest BCUT2D eigenvalue weighted by molar-refractivity contribution is 6.36. The first kappa shape index (κ1) is 33.6. The third-order valence-corrected chi connectivity index (χ3v) is 8.87. The summed E-state index contributed by atoms with van der Waals surface area (Å²) in [5.74, 6) is -1.66. The predicted octanol–water partition coefficient (Wildman–Crippen LogP) is 6.07. The van der Waals surface area contributed by atoms with Gasteiger partial charge in [0.05, 0.1) is 40.9 Å². The molecule has 3 aromatic heterocycles. The Morgan fingerprint density at radius 1 is 0.941 bits per heavy atom. The van der Waals surface area contributed by atoms with Gasteiger partial charge in [-0.05, 0) is 63.1 Å². The molecule has 51 heavy (non-hydrogen) atoms. The van der Waals surface area contributed by atoms with Crippen molar-refractivity contribution in [2.24, 2.45) is 0 Å². The second-order valence-corrected chi connectivity index (χ2v) is 13.7. The molecule has 0 radical (unpaired) electrons. The standard InChI is InChI=1S/C38H34ClN7O5/c1-22(41-35(48)32-29(20-30(47)51-38(2,3)4)42-46-16-10-15-40-34(32)46)26-19-28(39)27-21-44(43-33(27)31(26)23-11-6-5-7-12-23)17-18-45-36(49)24-13-8-9-14-25(24)37(45)50/h5-16,19,21-22H,17-18,20H2,1-4H3,(H,41,48). The molecule has 3 amide bonds. The number of hydrogen-bond donors (Lipinski definition) is 1. The highest BCUT2D eigenvalue weighted by Crippen LogP contribution is 2.39. The summed E-state index contributed by atoms with van der Waals surface area (Å²) < 4.78 is 8.65. The number of fused-ring (bicyclic) bond motifs is 3. The van der Waals surface area contributed by atoms with E-state index >= 15 is 0 Å². The smallest absolute Gasteiger partial charge is 0.312 e. The maximum absolute atomic E-state index is 14.1. The number of nitrogens with one attached hydrogen (secondary N) is 1. The van der Waals surface area contributed by atoms with Crippen molar-refractivity contribution in [3.63, 3.8) is 0 Å². The number of carbonyl (C=O) groups excluding carboxylic acids is 4. The van der Waals surface area contributed by atoms with Gasteiger partial charge in [0.25, 0.3) is 17.7 Å². The lowest BCUT2D eigenvalue weighted by Gasteiger charge is -2.20. The zero-order valence-corrected chi connectivity index (χ0v) is 29.1. The zero-order valence-electron chi connectivity index (χ0n) is 28.4. The molecule has 3 aromatic carbocycles. The fraction of sp³-hybridized carbons (Fsp3) is 0.237. The van der Waals surface area contributed by atoms with E-state index in [0.717, 1.165) is 11.1 Å². The van der Waals surface area contributed by atoms with Gasteiger partial charge in [0.15, 0.2) is 5.65 Å². The van der Waals surface area contributed by atoms with Crippen LogP contribution in [0.4, 0.5) is 0 Å². The summed E-state index contributed by atoms with van der Waals surface area (Å²) in [4.78, 5) is 58.4. The van der Waals surface area contributed by atoms with Crippen LogP contribution in [0.1, 0.15) is 76.1 Å². The molecule has 7 rings (SSSR count). The Balaban J connectivity index is 1.21. The van der Waals surface area contributed by atoms with Crippen molar-refractivity contribution in [3.8, 4) is 11.1 Å². The molecule has 13 heteroatoms. The van der Waals surface area contributed by atoms with Gasteiger partial charge < -0.3 is 10.1 Å². The van der Waals surface area contributed by atoms with Gasteiger partial charge in [0, 0.05) is 36.1 Å². The highest BCUT2D eigenvalue weighted by Gasteiger charge is 2.35. The molecule has 6 aromatic rings. The van der Waals surface area contributed by atoms with Crippen molar-refractivity contribution in [2.45, 2.75) is 52.3 Å². The van der Waals surface area contributed by atoms with E-state index < -0.39 is 23.5 Å². The van der Waals surface area contributed by atoms with Crippen molar-refractivity contribution in [2.75, 3.05) is 6.54 Å². The molecule has 0 bridgehead atoms. The molecule has 258 valence electrons. The molecule has 1 aliphatic rings. The third kappa shape index (κ3) is 6.45. The Bertz CT molecular complexity index is 2320. The number of halogens is 1. The van der Waals surface area contributed by atoms with Crippen LogP contribution in [-0.2, 0) is 22.5 Å². The number of ether oxygens (including phenoxy) is 1. The van der Waals surface area contributed by atoms with E-state index in [4.69, 9.17) is 21.4 Å². The minimum atomic E-state index is -0.709.